The molecule has 0 spiro atoms. The van der Waals surface area contributed by atoms with E-state index in [0.717, 1.165) is 12.3 Å². The normalized spacial score (nSPS) is 10.9. The number of rotatable bonds is 4. The number of carbonyl (C=O) groups excluding carboxylic acids is 1. The number of nitro groups is 1. The molecule has 0 amide bonds. The molecule has 0 aliphatic rings. The number of phenols is 2. The van der Waals surface area contributed by atoms with Crippen molar-refractivity contribution in [2.24, 2.45) is 10.2 Å². The molecule has 0 aliphatic heterocycles. The maximum atomic E-state index is 11.3. The third-order valence-corrected chi connectivity index (χ3v) is 3.21. The number of ketones is 1. The highest BCUT2D eigenvalue weighted by atomic mass is 32.1. The highest BCUT2D eigenvalue weighted by molar-refractivity contribution is 7.18. The van der Waals surface area contributed by atoms with Gasteiger partial charge in [-0.2, -0.15) is 0 Å². The Morgan fingerprint density at radius 2 is 2.05 bits per heavy atom. The van der Waals surface area contributed by atoms with Crippen LogP contribution in [0.25, 0.3) is 0 Å². The third kappa shape index (κ3) is 3.17. The van der Waals surface area contributed by atoms with E-state index in [1.54, 1.807) is 0 Å². The number of hydrogen-bond acceptors (Lipinski definition) is 9. The lowest BCUT2D eigenvalue weighted by molar-refractivity contribution is -0.380. The molecule has 0 unspecified atom stereocenters. The Balaban J connectivity index is 2.33. The first-order chi connectivity index (χ1) is 9.88. The summed E-state index contributed by atoms with van der Waals surface area (Å²) in [6.07, 6.45) is 1.04. The molecule has 10 heteroatoms. The van der Waals surface area contributed by atoms with Gasteiger partial charge in [-0.05, 0) is 24.3 Å². The average Bonchev–Trinajstić information content (AvgIpc) is 2.86. The number of Topliss-reactive ketones (excluding diaryl/α,β-unsaturated/α-hetero) is 1. The summed E-state index contributed by atoms with van der Waals surface area (Å²) in [4.78, 5) is 24.8. The molecule has 0 saturated carbocycles. The lowest BCUT2D eigenvalue weighted by atomic mass is 10.1. The van der Waals surface area contributed by atoms with E-state index in [-0.39, 0.29) is 32.9 Å². The summed E-state index contributed by atoms with van der Waals surface area (Å²) >= 11 is 0.711. The van der Waals surface area contributed by atoms with Crippen molar-refractivity contribution in [3.05, 3.63) is 34.0 Å². The van der Waals surface area contributed by atoms with Crippen LogP contribution in [0.5, 0.6) is 11.5 Å². The minimum absolute atomic E-state index is 0.0214. The van der Waals surface area contributed by atoms with Crippen molar-refractivity contribution < 1.29 is 19.9 Å². The van der Waals surface area contributed by atoms with Gasteiger partial charge in [0.2, 0.25) is 5.13 Å². The van der Waals surface area contributed by atoms with Crippen LogP contribution in [0.2, 0.25) is 0 Å². The number of azo groups is 1. The Morgan fingerprint density at radius 3 is 2.62 bits per heavy atom. The summed E-state index contributed by atoms with van der Waals surface area (Å²) in [6, 6.07) is 2.13. The molecule has 0 radical (unpaired) electrons. The third-order valence-electron chi connectivity index (χ3n) is 2.38. The fourth-order valence-corrected chi connectivity index (χ4v) is 1.97. The number of aromatic nitrogens is 1. The Kier molecular flexibility index (Phi) is 3.89. The minimum atomic E-state index is -0.609. The summed E-state index contributed by atoms with van der Waals surface area (Å²) in [6.45, 7) is 1.25. The van der Waals surface area contributed by atoms with Gasteiger partial charge in [-0.15, -0.1) is 10.2 Å². The molecule has 2 N–H and O–H groups in total. The van der Waals surface area contributed by atoms with Crippen molar-refractivity contribution >= 4 is 32.9 Å². The smallest absolute Gasteiger partial charge is 0.345 e. The van der Waals surface area contributed by atoms with Crippen LogP contribution >= 0.6 is 11.3 Å². The van der Waals surface area contributed by atoms with E-state index in [4.69, 9.17) is 0 Å². The molecular weight excluding hydrogens is 300 g/mol. The topological polar surface area (TPSA) is 138 Å². The van der Waals surface area contributed by atoms with Gasteiger partial charge in [0, 0.05) is 6.07 Å². The van der Waals surface area contributed by atoms with Gasteiger partial charge in [-0.3, -0.25) is 14.9 Å². The maximum Gasteiger partial charge on any atom is 0.345 e. The second-order valence-electron chi connectivity index (χ2n) is 3.85. The van der Waals surface area contributed by atoms with Crippen LogP contribution in [0.15, 0.2) is 28.6 Å². The molecule has 0 aliphatic carbocycles. The first-order valence-corrected chi connectivity index (χ1v) is 6.29. The highest BCUT2D eigenvalue weighted by Gasteiger charge is 2.13. The van der Waals surface area contributed by atoms with Crippen LogP contribution in [0.3, 0.4) is 0 Å². The number of aromatic hydroxyl groups is 2. The summed E-state index contributed by atoms with van der Waals surface area (Å²) < 4.78 is 0. The number of nitrogens with zero attached hydrogens (tertiary/aromatic N) is 4. The van der Waals surface area contributed by atoms with Gasteiger partial charge in [0.05, 0.1) is 10.5 Å². The van der Waals surface area contributed by atoms with Crippen LogP contribution in [-0.4, -0.2) is 25.9 Å². The zero-order valence-electron chi connectivity index (χ0n) is 10.5. The molecule has 9 nitrogen and oxygen atoms in total. The molecule has 2 aromatic rings. The fraction of sp³-hybridized carbons (Fsp3) is 0.0909. The van der Waals surface area contributed by atoms with E-state index in [2.05, 4.69) is 15.2 Å². The van der Waals surface area contributed by atoms with Gasteiger partial charge in [0.15, 0.2) is 5.78 Å². The standard InChI is InChI=1S/C11H8N4O5S/c1-5(16)6-2-7(9(18)3-8(6)17)13-14-11-12-4-10(21-11)15(19)20/h2-4,17-18H,1H3. The molecule has 2 rings (SSSR count). The Labute approximate surface area is 121 Å². The van der Waals surface area contributed by atoms with Gasteiger partial charge >= 0.3 is 5.00 Å². The van der Waals surface area contributed by atoms with Crippen molar-refractivity contribution in [1.29, 1.82) is 0 Å². The quantitative estimate of drug-likeness (QED) is 0.385. The predicted octanol–water partition coefficient (Wildman–Crippen LogP) is 3.08. The number of thiazole rings is 1. The van der Waals surface area contributed by atoms with Crippen LogP contribution in [0.1, 0.15) is 17.3 Å². The average molecular weight is 308 g/mol. The van der Waals surface area contributed by atoms with E-state index >= 15 is 0 Å². The molecule has 1 aromatic heterocycles. The van der Waals surface area contributed by atoms with Crippen molar-refractivity contribution in [1.82, 2.24) is 4.98 Å². The molecule has 108 valence electrons. The monoisotopic (exact) mass is 308 g/mol. The number of hydrogen-bond donors (Lipinski definition) is 2. The SMILES string of the molecule is CC(=O)c1cc(N=Nc2ncc([N+](=O)[O-])s2)c(O)cc1O. The van der Waals surface area contributed by atoms with Crippen LogP contribution < -0.4 is 0 Å². The van der Waals surface area contributed by atoms with Gasteiger partial charge in [-0.1, -0.05) is 0 Å². The van der Waals surface area contributed by atoms with Crippen molar-refractivity contribution in [2.45, 2.75) is 6.92 Å². The van der Waals surface area contributed by atoms with E-state index in [1.165, 1.54) is 13.0 Å². The summed E-state index contributed by atoms with van der Waals surface area (Å²) in [5.41, 5.74) is -0.0808. The molecule has 0 bridgehead atoms. The van der Waals surface area contributed by atoms with Crippen molar-refractivity contribution in [3.63, 3.8) is 0 Å². The lowest BCUT2D eigenvalue weighted by Crippen LogP contribution is -1.91. The Bertz CT molecular complexity index is 755. The first kappa shape index (κ1) is 14.5. The van der Waals surface area contributed by atoms with Crippen molar-refractivity contribution in [3.8, 4) is 11.5 Å². The highest BCUT2D eigenvalue weighted by Crippen LogP contribution is 2.35. The Hall–Kier alpha value is -2.88. The predicted molar refractivity (Wildman–Crippen MR) is 72.7 cm³/mol. The molecule has 0 fully saturated rings. The second-order valence-corrected chi connectivity index (χ2v) is 4.84. The second kappa shape index (κ2) is 5.63. The Morgan fingerprint density at radius 1 is 1.33 bits per heavy atom. The van der Waals surface area contributed by atoms with E-state index < -0.39 is 10.7 Å². The molecule has 21 heavy (non-hydrogen) atoms. The van der Waals surface area contributed by atoms with E-state index in [0.29, 0.717) is 11.3 Å². The molecule has 1 heterocycles. The molecule has 0 atom stereocenters. The minimum Gasteiger partial charge on any atom is -0.507 e. The van der Waals surface area contributed by atoms with E-state index in [1.807, 2.05) is 0 Å². The fourth-order valence-electron chi connectivity index (χ4n) is 1.41. The van der Waals surface area contributed by atoms with Crippen molar-refractivity contribution in [2.75, 3.05) is 0 Å². The molecule has 0 saturated heterocycles. The summed E-state index contributed by atoms with van der Waals surface area (Å²) in [5, 5.41) is 36.8. The van der Waals surface area contributed by atoms with Gasteiger partial charge in [0.1, 0.15) is 23.4 Å². The zero-order valence-corrected chi connectivity index (χ0v) is 11.4. The van der Waals surface area contributed by atoms with Gasteiger partial charge in [-0.25, -0.2) is 4.98 Å². The van der Waals surface area contributed by atoms with Crippen LogP contribution in [-0.2, 0) is 0 Å². The largest absolute Gasteiger partial charge is 0.507 e. The molecular formula is C11H8N4O5S. The number of phenolic OH excluding ortho intramolecular Hbond substituents is 2. The molecule has 1 aromatic carbocycles. The van der Waals surface area contributed by atoms with Crippen LogP contribution in [0, 0.1) is 10.1 Å². The zero-order chi connectivity index (χ0) is 15.6. The summed E-state index contributed by atoms with van der Waals surface area (Å²) in [7, 11) is 0. The van der Waals surface area contributed by atoms with Gasteiger partial charge < -0.3 is 10.2 Å². The van der Waals surface area contributed by atoms with E-state index in [9.17, 15) is 25.1 Å². The van der Waals surface area contributed by atoms with Gasteiger partial charge in [0.25, 0.3) is 0 Å². The first-order valence-electron chi connectivity index (χ1n) is 5.47. The number of carbonyl (C=O) groups is 1. The lowest BCUT2D eigenvalue weighted by Gasteiger charge is -2.03. The summed E-state index contributed by atoms with van der Waals surface area (Å²) in [5.74, 6) is -1.16. The van der Waals surface area contributed by atoms with Crippen LogP contribution in [0.4, 0.5) is 15.8 Å². The maximum absolute atomic E-state index is 11.3. The number of benzene rings is 1.